The van der Waals surface area contributed by atoms with E-state index in [-0.39, 0.29) is 52.5 Å². The summed E-state index contributed by atoms with van der Waals surface area (Å²) in [6, 6.07) is 0. The minimum atomic E-state index is -2.06. The summed E-state index contributed by atoms with van der Waals surface area (Å²) in [7, 11) is 2.78. The summed E-state index contributed by atoms with van der Waals surface area (Å²) in [5.74, 6) is -6.88. The zero-order chi connectivity index (χ0) is 31.2. The van der Waals surface area contributed by atoms with Crippen LogP contribution in [0.1, 0.15) is 87.0 Å². The van der Waals surface area contributed by atoms with Gasteiger partial charge < -0.3 is 52.1 Å². The molecule has 41 heavy (non-hydrogen) atoms. The Morgan fingerprint density at radius 2 is 0.951 bits per heavy atom. The third-order valence-corrected chi connectivity index (χ3v) is 5.51. The average molecular weight is 599 g/mol. The molecule has 0 bridgehead atoms. The van der Waals surface area contributed by atoms with Gasteiger partial charge in [0.15, 0.2) is 0 Å². The van der Waals surface area contributed by atoms with Gasteiger partial charge >= 0.3 is 29.9 Å². The number of hydrogen-bond acceptors (Lipinski definition) is 13. The summed E-state index contributed by atoms with van der Waals surface area (Å²) in [5, 5.41) is 0. The van der Waals surface area contributed by atoms with Crippen LogP contribution in [-0.4, -0.2) is 96.6 Å². The van der Waals surface area contributed by atoms with Crippen molar-refractivity contribution >= 4 is 11.9 Å². The molecule has 0 N–H and O–H groups in total. The molecule has 0 heterocycles. The molecular formula is C28H54O13. The number of rotatable bonds is 27. The van der Waals surface area contributed by atoms with Gasteiger partial charge in [-0.1, -0.05) is 12.8 Å². The zero-order valence-corrected chi connectivity index (χ0v) is 26.6. The molecule has 0 aliphatic heterocycles. The van der Waals surface area contributed by atoms with Gasteiger partial charge in [-0.2, -0.15) is 0 Å². The summed E-state index contributed by atoms with van der Waals surface area (Å²) in [6.07, 6.45) is 1.50. The maximum atomic E-state index is 12.9. The third-order valence-electron chi connectivity index (χ3n) is 5.51. The summed E-state index contributed by atoms with van der Waals surface area (Å²) in [4.78, 5) is 25.5. The number of carbonyl (C=O) groups excluding carboxylic acids is 2. The molecule has 13 nitrogen and oxygen atoms in total. The summed E-state index contributed by atoms with van der Waals surface area (Å²) < 4.78 is 61.9. The molecular weight excluding hydrogens is 544 g/mol. The largest absolute Gasteiger partial charge is 0.416 e. The minimum absolute atomic E-state index is 0.0755. The van der Waals surface area contributed by atoms with Crippen LogP contribution in [0.25, 0.3) is 0 Å². The van der Waals surface area contributed by atoms with Crippen molar-refractivity contribution in [3.63, 3.8) is 0 Å². The first-order chi connectivity index (χ1) is 19.7. The van der Waals surface area contributed by atoms with Crippen molar-refractivity contribution in [3.05, 3.63) is 0 Å². The molecule has 0 aromatic carbocycles. The molecule has 0 radical (unpaired) electrons. The minimum Gasteiger partial charge on any atom is -0.404 e. The molecule has 13 heteroatoms. The molecule has 0 saturated carbocycles. The van der Waals surface area contributed by atoms with Gasteiger partial charge in [0.05, 0.1) is 26.4 Å². The number of hydrogen-bond donors (Lipinski definition) is 0. The molecule has 0 aromatic heterocycles. The Labute approximate surface area is 245 Å². The van der Waals surface area contributed by atoms with Gasteiger partial charge in [-0.25, -0.2) is 0 Å². The van der Waals surface area contributed by atoms with Crippen molar-refractivity contribution in [1.29, 1.82) is 0 Å². The van der Waals surface area contributed by atoms with Crippen molar-refractivity contribution in [2.75, 3.05) is 60.5 Å². The lowest BCUT2D eigenvalue weighted by atomic mass is 10.1. The Hall–Kier alpha value is -1.42. The fraction of sp³-hybridized carbons (Fsp3) is 0.929. The van der Waals surface area contributed by atoms with E-state index in [1.165, 1.54) is 14.2 Å². The van der Waals surface area contributed by atoms with Crippen LogP contribution < -0.4 is 0 Å². The van der Waals surface area contributed by atoms with Gasteiger partial charge in [0.25, 0.3) is 6.29 Å². The second-order valence-corrected chi connectivity index (χ2v) is 8.40. The maximum absolute atomic E-state index is 12.9. The van der Waals surface area contributed by atoms with Gasteiger partial charge in [-0.15, -0.1) is 0 Å². The van der Waals surface area contributed by atoms with E-state index in [1.54, 1.807) is 48.5 Å². The van der Waals surface area contributed by atoms with Crippen LogP contribution >= 0.6 is 0 Å². The number of ether oxygens (including phenoxy) is 11. The van der Waals surface area contributed by atoms with Crippen LogP contribution in [0.2, 0.25) is 0 Å². The topological polar surface area (TPSA) is 136 Å². The standard InChI is InChI=1S/C28H54O13/c1-10-33-25(31-8)26(34-11-2,35-12-3)40-23(29)21-19-17-18-20-22-24(30)41-28(38-15-6,39-16-7)27(32-9,36-13-4)37-14-5/h25H,10-22H2,1-9H3. The second-order valence-electron chi connectivity index (χ2n) is 8.40. The van der Waals surface area contributed by atoms with E-state index in [2.05, 4.69) is 0 Å². The highest BCUT2D eigenvalue weighted by atomic mass is 17.0. The molecule has 0 aliphatic carbocycles. The predicted octanol–water partition coefficient (Wildman–Crippen LogP) is 4.25. The van der Waals surface area contributed by atoms with Crippen LogP contribution in [0, 0.1) is 0 Å². The van der Waals surface area contributed by atoms with Gasteiger partial charge in [-0.3, -0.25) is 9.59 Å². The van der Waals surface area contributed by atoms with E-state index < -0.39 is 36.1 Å². The second kappa shape index (κ2) is 22.2. The quantitative estimate of drug-likeness (QED) is 0.0758. The van der Waals surface area contributed by atoms with Crippen LogP contribution in [0.5, 0.6) is 0 Å². The Kier molecular flexibility index (Phi) is 21.4. The average Bonchev–Trinajstić information content (AvgIpc) is 2.93. The maximum Gasteiger partial charge on any atom is 0.416 e. The summed E-state index contributed by atoms with van der Waals surface area (Å²) in [5.41, 5.74) is 0. The lowest BCUT2D eigenvalue weighted by Crippen LogP contribution is -2.64. The number of unbranched alkanes of at least 4 members (excludes halogenated alkanes) is 3. The van der Waals surface area contributed by atoms with E-state index in [0.717, 1.165) is 0 Å². The molecule has 0 saturated heterocycles. The molecule has 244 valence electrons. The Morgan fingerprint density at radius 1 is 0.537 bits per heavy atom. The molecule has 0 aromatic rings. The van der Waals surface area contributed by atoms with Crippen molar-refractivity contribution in [2.45, 2.75) is 111 Å². The number of esters is 2. The molecule has 1 unspecified atom stereocenters. The monoisotopic (exact) mass is 598 g/mol. The first-order valence-corrected chi connectivity index (χ1v) is 14.7. The van der Waals surface area contributed by atoms with Gasteiger partial charge in [0.1, 0.15) is 0 Å². The number of methoxy groups -OCH3 is 2. The highest BCUT2D eigenvalue weighted by Gasteiger charge is 2.62. The Balaban J connectivity index is 5.08. The zero-order valence-electron chi connectivity index (χ0n) is 26.6. The fourth-order valence-corrected chi connectivity index (χ4v) is 4.02. The normalized spacial score (nSPS) is 13.3. The van der Waals surface area contributed by atoms with Crippen LogP contribution in [0.3, 0.4) is 0 Å². The van der Waals surface area contributed by atoms with E-state index in [0.29, 0.717) is 32.3 Å². The third kappa shape index (κ3) is 12.4. The lowest BCUT2D eigenvalue weighted by Gasteiger charge is -2.44. The van der Waals surface area contributed by atoms with Crippen LogP contribution in [0.4, 0.5) is 0 Å². The molecule has 1 atom stereocenters. The molecule has 0 aliphatic rings. The van der Waals surface area contributed by atoms with E-state index >= 15 is 0 Å². The van der Waals surface area contributed by atoms with Crippen molar-refractivity contribution in [2.24, 2.45) is 0 Å². The predicted molar refractivity (Wildman–Crippen MR) is 147 cm³/mol. The first kappa shape index (κ1) is 39.6. The number of carbonyl (C=O) groups is 2. The van der Waals surface area contributed by atoms with Crippen LogP contribution in [-0.2, 0) is 61.7 Å². The van der Waals surface area contributed by atoms with Gasteiger partial charge in [-0.05, 0) is 61.3 Å². The molecule has 0 amide bonds. The molecule has 0 rings (SSSR count). The van der Waals surface area contributed by atoms with Crippen LogP contribution in [0.15, 0.2) is 0 Å². The fourth-order valence-electron chi connectivity index (χ4n) is 4.02. The van der Waals surface area contributed by atoms with Crippen molar-refractivity contribution in [3.8, 4) is 0 Å². The lowest BCUT2D eigenvalue weighted by molar-refractivity contribution is -0.546. The highest BCUT2D eigenvalue weighted by Crippen LogP contribution is 2.36. The molecule has 0 fully saturated rings. The Morgan fingerprint density at radius 3 is 1.32 bits per heavy atom. The van der Waals surface area contributed by atoms with Crippen molar-refractivity contribution < 1.29 is 61.7 Å². The van der Waals surface area contributed by atoms with Crippen molar-refractivity contribution in [1.82, 2.24) is 0 Å². The summed E-state index contributed by atoms with van der Waals surface area (Å²) in [6.45, 7) is 13.6. The molecule has 0 spiro atoms. The Bertz CT molecular complexity index is 670. The highest BCUT2D eigenvalue weighted by molar-refractivity contribution is 5.70. The smallest absolute Gasteiger partial charge is 0.404 e. The van der Waals surface area contributed by atoms with E-state index in [4.69, 9.17) is 52.1 Å². The van der Waals surface area contributed by atoms with Gasteiger partial charge in [0, 0.05) is 46.9 Å². The van der Waals surface area contributed by atoms with Gasteiger partial charge in [0.2, 0.25) is 0 Å². The summed E-state index contributed by atoms with van der Waals surface area (Å²) >= 11 is 0. The van der Waals surface area contributed by atoms with E-state index in [1.807, 2.05) is 0 Å². The SMILES string of the molecule is CCOC(OC)C(OCC)(OCC)OC(=O)CCCCCCC(=O)OC(OCC)(OCC)C(OC)(OCC)OCC. The first-order valence-electron chi connectivity index (χ1n) is 14.7. The van der Waals surface area contributed by atoms with E-state index in [9.17, 15) is 9.59 Å².